The van der Waals surface area contributed by atoms with Crippen LogP contribution in [0.2, 0.25) is 0 Å². The number of aromatic nitrogens is 1. The number of nitrogen functional groups attached to an aromatic ring is 1. The van der Waals surface area contributed by atoms with Gasteiger partial charge in [-0.2, -0.15) is 11.8 Å². The highest BCUT2D eigenvalue weighted by molar-refractivity contribution is 7.97. The van der Waals surface area contributed by atoms with Gasteiger partial charge in [-0.25, -0.2) is 4.98 Å². The predicted molar refractivity (Wildman–Crippen MR) is 72.7 cm³/mol. The third-order valence-electron chi connectivity index (χ3n) is 2.17. The molecule has 0 bridgehead atoms. The van der Waals surface area contributed by atoms with E-state index in [1.54, 1.807) is 0 Å². The Morgan fingerprint density at radius 3 is 2.94 bits per heavy atom. The van der Waals surface area contributed by atoms with Crippen molar-refractivity contribution in [2.24, 2.45) is 0 Å². The maximum atomic E-state index is 5.58. The first-order chi connectivity index (χ1) is 7.74. The maximum Gasteiger partial charge on any atom is 0.180 e. The molecule has 0 spiro atoms. The normalized spacial score (nSPS) is 10.6. The van der Waals surface area contributed by atoms with Gasteiger partial charge in [-0.15, -0.1) is 11.3 Å². The molecule has 0 amide bonds. The molecular weight excluding hydrogens is 236 g/mol. The van der Waals surface area contributed by atoms with Gasteiger partial charge in [0.2, 0.25) is 0 Å². The van der Waals surface area contributed by atoms with E-state index >= 15 is 0 Å². The van der Waals surface area contributed by atoms with Crippen LogP contribution in [-0.2, 0) is 11.5 Å². The number of hydrogen-bond acceptors (Lipinski definition) is 4. The van der Waals surface area contributed by atoms with Crippen LogP contribution in [0.5, 0.6) is 0 Å². The Bertz CT molecular complexity index is 466. The molecule has 1 heterocycles. The van der Waals surface area contributed by atoms with E-state index in [1.807, 2.05) is 17.1 Å². The second-order valence-corrected chi connectivity index (χ2v) is 5.53. The van der Waals surface area contributed by atoms with Crippen LogP contribution in [0, 0.1) is 6.92 Å². The molecule has 0 atom stereocenters. The number of nitrogens with zero attached hydrogens (tertiary/aromatic N) is 1. The van der Waals surface area contributed by atoms with Gasteiger partial charge in [0.15, 0.2) is 5.13 Å². The fourth-order valence-electron chi connectivity index (χ4n) is 1.46. The minimum atomic E-state index is 0.658. The van der Waals surface area contributed by atoms with Crippen molar-refractivity contribution in [3.05, 3.63) is 46.5 Å². The monoisotopic (exact) mass is 250 g/mol. The lowest BCUT2D eigenvalue weighted by Crippen LogP contribution is -1.86. The van der Waals surface area contributed by atoms with Gasteiger partial charge in [-0.1, -0.05) is 29.8 Å². The number of anilines is 1. The average molecular weight is 250 g/mol. The van der Waals surface area contributed by atoms with Crippen LogP contribution < -0.4 is 5.73 Å². The lowest BCUT2D eigenvalue weighted by Gasteiger charge is -2.01. The second kappa shape index (κ2) is 5.37. The number of hydrogen-bond donors (Lipinski definition) is 1. The summed E-state index contributed by atoms with van der Waals surface area (Å²) < 4.78 is 0. The van der Waals surface area contributed by atoms with Crippen LogP contribution in [-0.4, -0.2) is 4.98 Å². The first-order valence-electron chi connectivity index (χ1n) is 5.07. The molecule has 1 aromatic heterocycles. The molecular formula is C12H14N2S2. The third kappa shape index (κ3) is 3.25. The molecule has 2 nitrogen and oxygen atoms in total. The molecule has 0 unspecified atom stereocenters. The van der Waals surface area contributed by atoms with E-state index in [1.165, 1.54) is 22.5 Å². The second-order valence-electron chi connectivity index (χ2n) is 3.66. The number of thiazole rings is 1. The van der Waals surface area contributed by atoms with E-state index in [9.17, 15) is 0 Å². The van der Waals surface area contributed by atoms with Crippen molar-refractivity contribution in [2.45, 2.75) is 18.4 Å². The van der Waals surface area contributed by atoms with E-state index in [4.69, 9.17) is 5.73 Å². The highest BCUT2D eigenvalue weighted by Gasteiger charge is 1.99. The molecule has 0 saturated carbocycles. The Morgan fingerprint density at radius 2 is 2.25 bits per heavy atom. The molecule has 1 aromatic carbocycles. The average Bonchev–Trinajstić information content (AvgIpc) is 2.64. The third-order valence-corrected chi connectivity index (χ3v) is 3.93. The van der Waals surface area contributed by atoms with Crippen LogP contribution >= 0.6 is 23.1 Å². The van der Waals surface area contributed by atoms with Crippen molar-refractivity contribution in [3.63, 3.8) is 0 Å². The highest BCUT2D eigenvalue weighted by atomic mass is 32.2. The summed E-state index contributed by atoms with van der Waals surface area (Å²) in [5.74, 6) is 1.96. The van der Waals surface area contributed by atoms with E-state index in [-0.39, 0.29) is 0 Å². The Balaban J connectivity index is 1.84. The van der Waals surface area contributed by atoms with Crippen LogP contribution in [0.15, 0.2) is 29.6 Å². The summed E-state index contributed by atoms with van der Waals surface area (Å²) in [7, 11) is 0. The summed E-state index contributed by atoms with van der Waals surface area (Å²) in [5, 5.41) is 2.68. The zero-order valence-corrected chi connectivity index (χ0v) is 10.8. The van der Waals surface area contributed by atoms with Gasteiger partial charge in [-0.05, 0) is 12.5 Å². The summed E-state index contributed by atoms with van der Waals surface area (Å²) in [4.78, 5) is 4.23. The molecule has 84 valence electrons. The summed E-state index contributed by atoms with van der Waals surface area (Å²) in [6.07, 6.45) is 0. The van der Waals surface area contributed by atoms with Crippen molar-refractivity contribution >= 4 is 28.2 Å². The van der Waals surface area contributed by atoms with E-state index < -0.39 is 0 Å². The van der Waals surface area contributed by atoms with Gasteiger partial charge in [0.1, 0.15) is 0 Å². The molecule has 16 heavy (non-hydrogen) atoms. The summed E-state index contributed by atoms with van der Waals surface area (Å²) in [6.45, 7) is 2.12. The molecule has 2 N–H and O–H groups in total. The first-order valence-corrected chi connectivity index (χ1v) is 7.10. The van der Waals surface area contributed by atoms with Gasteiger partial charge in [0.25, 0.3) is 0 Å². The molecule has 2 aromatic rings. The van der Waals surface area contributed by atoms with Crippen molar-refractivity contribution in [2.75, 3.05) is 5.73 Å². The highest BCUT2D eigenvalue weighted by Crippen LogP contribution is 2.20. The largest absolute Gasteiger partial charge is 0.375 e. The zero-order valence-electron chi connectivity index (χ0n) is 9.14. The Labute approximate surface area is 104 Å². The molecule has 0 aliphatic heterocycles. The molecule has 2 rings (SSSR count). The summed E-state index contributed by atoms with van der Waals surface area (Å²) in [5.41, 5.74) is 9.35. The Kier molecular flexibility index (Phi) is 3.85. The van der Waals surface area contributed by atoms with Gasteiger partial charge in [-0.3, -0.25) is 0 Å². The molecule has 0 radical (unpaired) electrons. The van der Waals surface area contributed by atoms with Gasteiger partial charge < -0.3 is 5.73 Å². The fraction of sp³-hybridized carbons (Fsp3) is 0.250. The maximum absolute atomic E-state index is 5.58. The number of nitrogens with two attached hydrogens (primary N) is 1. The number of rotatable bonds is 4. The quantitative estimate of drug-likeness (QED) is 0.903. The molecule has 0 saturated heterocycles. The molecule has 0 fully saturated rings. The fourth-order valence-corrected chi connectivity index (χ4v) is 3.01. The summed E-state index contributed by atoms with van der Waals surface area (Å²) in [6, 6.07) is 8.61. The van der Waals surface area contributed by atoms with E-state index in [2.05, 4.69) is 36.2 Å². The van der Waals surface area contributed by atoms with Crippen LogP contribution in [0.1, 0.15) is 16.8 Å². The van der Waals surface area contributed by atoms with Crippen molar-refractivity contribution < 1.29 is 0 Å². The minimum Gasteiger partial charge on any atom is -0.375 e. The lowest BCUT2D eigenvalue weighted by atomic mass is 10.2. The lowest BCUT2D eigenvalue weighted by molar-refractivity contribution is 1.23. The Hall–Kier alpha value is -1.00. The van der Waals surface area contributed by atoms with Crippen LogP contribution in [0.3, 0.4) is 0 Å². The molecule has 0 aliphatic rings. The number of aryl methyl sites for hydroxylation is 1. The van der Waals surface area contributed by atoms with Crippen molar-refractivity contribution in [1.82, 2.24) is 4.98 Å². The molecule has 0 aliphatic carbocycles. The van der Waals surface area contributed by atoms with Crippen LogP contribution in [0.25, 0.3) is 0 Å². The number of benzene rings is 1. The smallest absolute Gasteiger partial charge is 0.180 e. The van der Waals surface area contributed by atoms with Gasteiger partial charge >= 0.3 is 0 Å². The standard InChI is InChI=1S/C12H14N2S2/c1-9-3-2-4-10(5-9)6-15-7-11-8-16-12(13)14-11/h2-5,8H,6-7H2,1H3,(H2,13,14). The Morgan fingerprint density at radius 1 is 1.38 bits per heavy atom. The summed E-state index contributed by atoms with van der Waals surface area (Å²) >= 11 is 3.38. The minimum absolute atomic E-state index is 0.658. The van der Waals surface area contributed by atoms with Gasteiger partial charge in [0, 0.05) is 16.9 Å². The number of thioether (sulfide) groups is 1. The van der Waals surface area contributed by atoms with E-state index in [0.29, 0.717) is 5.13 Å². The first kappa shape index (κ1) is 11.5. The predicted octanol–water partition coefficient (Wildman–Crippen LogP) is 3.47. The van der Waals surface area contributed by atoms with Crippen LogP contribution in [0.4, 0.5) is 5.13 Å². The zero-order chi connectivity index (χ0) is 11.4. The topological polar surface area (TPSA) is 38.9 Å². The van der Waals surface area contributed by atoms with Gasteiger partial charge in [0.05, 0.1) is 5.69 Å². The van der Waals surface area contributed by atoms with E-state index in [0.717, 1.165) is 17.2 Å². The SMILES string of the molecule is Cc1cccc(CSCc2csc(N)n2)c1. The molecule has 4 heteroatoms. The van der Waals surface area contributed by atoms with Crippen molar-refractivity contribution in [1.29, 1.82) is 0 Å². The van der Waals surface area contributed by atoms with Crippen molar-refractivity contribution in [3.8, 4) is 0 Å².